The number of benzene rings is 1. The average molecular weight is 384 g/mol. The van der Waals surface area contributed by atoms with Crippen molar-refractivity contribution in [2.75, 3.05) is 44.2 Å². The maximum atomic E-state index is 14.0. The first-order valence-corrected chi connectivity index (χ1v) is 9.79. The highest BCUT2D eigenvalue weighted by molar-refractivity contribution is 5.92. The first kappa shape index (κ1) is 18.7. The van der Waals surface area contributed by atoms with Crippen LogP contribution in [0.4, 0.5) is 10.1 Å². The number of aromatic nitrogens is 1. The smallest absolute Gasteiger partial charge is 0.272 e. The number of nitrogens with zero attached hydrogens (tertiary/aromatic N) is 4. The van der Waals surface area contributed by atoms with Crippen LogP contribution in [0.15, 0.2) is 42.6 Å². The second-order valence-corrected chi connectivity index (χ2v) is 7.42. The Bertz CT molecular complexity index is 821. The molecule has 148 valence electrons. The summed E-state index contributed by atoms with van der Waals surface area (Å²) in [6.07, 6.45) is 3.32. The molecule has 0 saturated carbocycles. The first-order valence-electron chi connectivity index (χ1n) is 9.79. The number of halogens is 1. The SMILES string of the molecule is O=C(c1ccc(O)cn1)N1CCCC(N2CCN(c3ccccc3F)CC2)C1. The number of carbonyl (C=O) groups is 1. The van der Waals surface area contributed by atoms with Crippen molar-refractivity contribution in [1.29, 1.82) is 0 Å². The quantitative estimate of drug-likeness (QED) is 0.880. The first-order chi connectivity index (χ1) is 13.6. The molecule has 7 heteroatoms. The molecule has 1 unspecified atom stereocenters. The van der Waals surface area contributed by atoms with Crippen molar-refractivity contribution in [2.45, 2.75) is 18.9 Å². The van der Waals surface area contributed by atoms with Gasteiger partial charge in [-0.15, -0.1) is 0 Å². The van der Waals surface area contributed by atoms with Crippen molar-refractivity contribution in [2.24, 2.45) is 0 Å². The standard InChI is InChI=1S/C21H25FN4O2/c22-18-5-1-2-6-20(18)25-12-10-24(11-13-25)16-4-3-9-26(15-16)21(28)19-8-7-17(27)14-23-19/h1-2,5-8,14,16,27H,3-4,9-13,15H2. The number of piperazine rings is 1. The Balaban J connectivity index is 1.36. The fraction of sp³-hybridized carbons (Fsp3) is 0.429. The van der Waals surface area contributed by atoms with E-state index in [2.05, 4.69) is 14.8 Å². The molecule has 1 aromatic heterocycles. The summed E-state index contributed by atoms with van der Waals surface area (Å²) in [6.45, 7) is 4.70. The molecule has 2 aromatic rings. The summed E-state index contributed by atoms with van der Waals surface area (Å²) in [5.41, 5.74) is 1.03. The van der Waals surface area contributed by atoms with Gasteiger partial charge < -0.3 is 14.9 Å². The van der Waals surface area contributed by atoms with Crippen molar-refractivity contribution in [3.05, 3.63) is 54.1 Å². The molecule has 1 amide bonds. The number of aromatic hydroxyl groups is 1. The number of rotatable bonds is 3. The minimum Gasteiger partial charge on any atom is -0.506 e. The maximum Gasteiger partial charge on any atom is 0.272 e. The lowest BCUT2D eigenvalue weighted by atomic mass is 10.0. The van der Waals surface area contributed by atoms with Gasteiger partial charge in [-0.1, -0.05) is 12.1 Å². The van der Waals surface area contributed by atoms with Gasteiger partial charge in [-0.2, -0.15) is 0 Å². The Labute approximate surface area is 164 Å². The summed E-state index contributed by atoms with van der Waals surface area (Å²) >= 11 is 0. The van der Waals surface area contributed by atoms with E-state index >= 15 is 0 Å². The van der Waals surface area contributed by atoms with E-state index in [9.17, 15) is 14.3 Å². The molecule has 28 heavy (non-hydrogen) atoms. The summed E-state index contributed by atoms with van der Waals surface area (Å²) in [4.78, 5) is 23.1. The molecule has 0 aliphatic carbocycles. The number of likely N-dealkylation sites (tertiary alicyclic amines) is 1. The van der Waals surface area contributed by atoms with Crippen LogP contribution >= 0.6 is 0 Å². The van der Waals surface area contributed by atoms with E-state index in [1.54, 1.807) is 12.1 Å². The fourth-order valence-corrected chi connectivity index (χ4v) is 4.15. The van der Waals surface area contributed by atoms with Gasteiger partial charge in [0.1, 0.15) is 17.3 Å². The van der Waals surface area contributed by atoms with E-state index in [1.165, 1.54) is 18.3 Å². The van der Waals surface area contributed by atoms with Crippen LogP contribution in [0.5, 0.6) is 5.75 Å². The molecule has 4 rings (SSSR count). The lowest BCUT2D eigenvalue weighted by Gasteiger charge is -2.43. The van der Waals surface area contributed by atoms with Gasteiger partial charge in [0.2, 0.25) is 0 Å². The number of hydrogen-bond acceptors (Lipinski definition) is 5. The fourth-order valence-electron chi connectivity index (χ4n) is 4.15. The second-order valence-electron chi connectivity index (χ2n) is 7.42. The molecule has 2 fully saturated rings. The molecule has 2 aliphatic rings. The summed E-state index contributed by atoms with van der Waals surface area (Å²) in [7, 11) is 0. The molecule has 1 N–H and O–H groups in total. The minimum atomic E-state index is -0.174. The molecule has 3 heterocycles. The molecule has 1 aromatic carbocycles. The monoisotopic (exact) mass is 384 g/mol. The van der Waals surface area contributed by atoms with Crippen LogP contribution in [0.25, 0.3) is 0 Å². The van der Waals surface area contributed by atoms with Crippen LogP contribution in [0.3, 0.4) is 0 Å². The Hall–Kier alpha value is -2.67. The van der Waals surface area contributed by atoms with E-state index in [0.717, 1.165) is 45.6 Å². The molecular weight excluding hydrogens is 359 g/mol. The average Bonchev–Trinajstić information content (AvgIpc) is 2.74. The highest BCUT2D eigenvalue weighted by atomic mass is 19.1. The molecule has 2 saturated heterocycles. The molecule has 1 atom stereocenters. The molecule has 2 aliphatic heterocycles. The normalized spacial score (nSPS) is 21.0. The van der Waals surface area contributed by atoms with E-state index in [-0.39, 0.29) is 17.5 Å². The Morgan fingerprint density at radius 3 is 2.57 bits per heavy atom. The largest absolute Gasteiger partial charge is 0.506 e. The summed E-state index contributed by atoms with van der Waals surface area (Å²) in [5.74, 6) is -0.206. The predicted molar refractivity (Wildman–Crippen MR) is 105 cm³/mol. The van der Waals surface area contributed by atoms with Crippen molar-refractivity contribution < 1.29 is 14.3 Å². The summed E-state index contributed by atoms with van der Waals surface area (Å²) in [6, 6.07) is 10.3. The van der Waals surface area contributed by atoms with Crippen LogP contribution < -0.4 is 4.90 Å². The van der Waals surface area contributed by atoms with Crippen molar-refractivity contribution in [3.8, 4) is 5.75 Å². The topological polar surface area (TPSA) is 59.9 Å². The second kappa shape index (κ2) is 8.14. The van der Waals surface area contributed by atoms with Crippen molar-refractivity contribution >= 4 is 11.6 Å². The number of amides is 1. The number of piperidine rings is 1. The Morgan fingerprint density at radius 2 is 1.86 bits per heavy atom. The van der Waals surface area contributed by atoms with Crippen LogP contribution in [0.1, 0.15) is 23.3 Å². The Kier molecular flexibility index (Phi) is 5.43. The van der Waals surface area contributed by atoms with Gasteiger partial charge in [-0.25, -0.2) is 9.37 Å². The predicted octanol–water partition coefficient (Wildman–Crippen LogP) is 2.35. The van der Waals surface area contributed by atoms with Crippen LogP contribution in [-0.2, 0) is 0 Å². The molecule has 0 bridgehead atoms. The van der Waals surface area contributed by atoms with Gasteiger partial charge in [0.15, 0.2) is 0 Å². The molecular formula is C21H25FN4O2. The number of hydrogen-bond donors (Lipinski definition) is 1. The van der Waals surface area contributed by atoms with E-state index < -0.39 is 0 Å². The van der Waals surface area contributed by atoms with E-state index in [4.69, 9.17) is 0 Å². The highest BCUT2D eigenvalue weighted by Crippen LogP contribution is 2.23. The van der Waals surface area contributed by atoms with Gasteiger partial charge in [0, 0.05) is 45.3 Å². The molecule has 0 spiro atoms. The minimum absolute atomic E-state index is 0.0563. The van der Waals surface area contributed by atoms with Crippen LogP contribution in [0.2, 0.25) is 0 Å². The molecule has 0 radical (unpaired) electrons. The number of carbonyl (C=O) groups excluding carboxylic acids is 1. The van der Waals surface area contributed by atoms with E-state index in [1.807, 2.05) is 17.0 Å². The lowest BCUT2D eigenvalue weighted by molar-refractivity contribution is 0.0558. The Morgan fingerprint density at radius 1 is 1.07 bits per heavy atom. The zero-order chi connectivity index (χ0) is 19.5. The maximum absolute atomic E-state index is 14.0. The zero-order valence-corrected chi connectivity index (χ0v) is 15.8. The van der Waals surface area contributed by atoms with Crippen LogP contribution in [-0.4, -0.2) is 71.1 Å². The summed E-state index contributed by atoms with van der Waals surface area (Å²) < 4.78 is 14.0. The van der Waals surface area contributed by atoms with Gasteiger partial charge in [0.05, 0.1) is 11.9 Å². The number of para-hydroxylation sites is 1. The summed E-state index contributed by atoms with van der Waals surface area (Å²) in [5, 5.41) is 9.36. The molecule has 6 nitrogen and oxygen atoms in total. The highest BCUT2D eigenvalue weighted by Gasteiger charge is 2.31. The van der Waals surface area contributed by atoms with Crippen molar-refractivity contribution in [1.82, 2.24) is 14.8 Å². The number of anilines is 1. The third-order valence-corrected chi connectivity index (χ3v) is 5.67. The third kappa shape index (κ3) is 3.94. The zero-order valence-electron chi connectivity index (χ0n) is 15.8. The third-order valence-electron chi connectivity index (χ3n) is 5.67. The van der Waals surface area contributed by atoms with Gasteiger partial charge in [0.25, 0.3) is 5.91 Å². The van der Waals surface area contributed by atoms with Gasteiger partial charge in [-0.3, -0.25) is 9.69 Å². The van der Waals surface area contributed by atoms with Gasteiger partial charge >= 0.3 is 0 Å². The van der Waals surface area contributed by atoms with E-state index in [0.29, 0.717) is 24.0 Å². The van der Waals surface area contributed by atoms with Crippen LogP contribution in [0, 0.1) is 5.82 Å². The lowest BCUT2D eigenvalue weighted by Crippen LogP contribution is -2.56. The van der Waals surface area contributed by atoms with Gasteiger partial charge in [-0.05, 0) is 37.1 Å². The van der Waals surface area contributed by atoms with Crippen molar-refractivity contribution in [3.63, 3.8) is 0 Å². The number of pyridine rings is 1.